The average molecular weight is 392 g/mol. The molecule has 1 fully saturated rings. The fraction of sp³-hybridized carbons (Fsp3) is 0.375. The van der Waals surface area contributed by atoms with Gasteiger partial charge in [-0.3, -0.25) is 4.79 Å². The third-order valence-corrected chi connectivity index (χ3v) is 6.17. The molecule has 1 aliphatic rings. The second-order valence-corrected chi connectivity index (χ2v) is 8.10. The number of hydrogen-bond acceptors (Lipinski definition) is 3. The second kappa shape index (κ2) is 8.70. The van der Waals surface area contributed by atoms with Gasteiger partial charge in [0, 0.05) is 22.7 Å². The first-order chi connectivity index (χ1) is 14.1. The van der Waals surface area contributed by atoms with Crippen molar-refractivity contribution in [3.8, 4) is 5.75 Å². The number of likely N-dealkylation sites (tertiary alicyclic amines) is 1. The summed E-state index contributed by atoms with van der Waals surface area (Å²) in [6.45, 7) is 3.42. The van der Waals surface area contributed by atoms with Gasteiger partial charge in [-0.2, -0.15) is 0 Å². The smallest absolute Gasteiger partial charge is 0.248 e. The second-order valence-electron chi connectivity index (χ2n) is 8.10. The molecule has 2 aromatic carbocycles. The number of phenols is 1. The molecule has 29 heavy (non-hydrogen) atoms. The molecule has 1 aromatic heterocycles. The van der Waals surface area contributed by atoms with E-state index >= 15 is 0 Å². The zero-order valence-corrected chi connectivity index (χ0v) is 16.7. The molecule has 0 saturated carbocycles. The molecule has 0 spiro atoms. The molecule has 1 saturated heterocycles. The van der Waals surface area contributed by atoms with E-state index in [0.29, 0.717) is 17.2 Å². The van der Waals surface area contributed by atoms with E-state index in [9.17, 15) is 9.90 Å². The number of aromatic hydroxyl groups is 1. The summed E-state index contributed by atoms with van der Waals surface area (Å²) in [6.07, 6.45) is 7.73. The van der Waals surface area contributed by atoms with Gasteiger partial charge in [-0.1, -0.05) is 12.1 Å². The lowest BCUT2D eigenvalue weighted by Gasteiger charge is -2.32. The molecule has 1 aliphatic heterocycles. The molecule has 0 bridgehead atoms. The summed E-state index contributed by atoms with van der Waals surface area (Å²) < 4.78 is 0. The molecular weight excluding hydrogens is 362 g/mol. The highest BCUT2D eigenvalue weighted by atomic mass is 16.3. The topological polar surface area (TPSA) is 82.4 Å². The number of nitrogens with two attached hydrogens (primary N) is 1. The third-order valence-electron chi connectivity index (χ3n) is 6.17. The number of unbranched alkanes of at least 4 members (excludes halogenated alkanes) is 1. The van der Waals surface area contributed by atoms with E-state index in [-0.39, 0.29) is 5.91 Å². The van der Waals surface area contributed by atoms with E-state index in [4.69, 9.17) is 5.73 Å². The van der Waals surface area contributed by atoms with Gasteiger partial charge in [-0.15, -0.1) is 0 Å². The number of phenolic OH excluding ortho intramolecular Hbond substituents is 1. The van der Waals surface area contributed by atoms with Gasteiger partial charge in [0.2, 0.25) is 5.91 Å². The van der Waals surface area contributed by atoms with Crippen LogP contribution >= 0.6 is 0 Å². The monoisotopic (exact) mass is 391 g/mol. The number of carbonyl (C=O) groups excluding carboxylic acids is 1. The largest absolute Gasteiger partial charge is 0.508 e. The molecular formula is C24H29N3O2. The van der Waals surface area contributed by atoms with Crippen molar-refractivity contribution in [2.45, 2.75) is 38.0 Å². The number of amides is 1. The standard InChI is InChI=1S/C24H29N3O2/c25-24(29)19-6-9-23-22(15-19)20(16-26-23)3-1-2-12-27-13-10-18(11-14-27)17-4-7-21(28)8-5-17/h4-9,15-16,18,26,28H,1-3,10-14H2,(H2,25,29). The van der Waals surface area contributed by atoms with Crippen molar-refractivity contribution in [2.24, 2.45) is 5.73 Å². The van der Waals surface area contributed by atoms with Gasteiger partial charge in [0.1, 0.15) is 5.75 Å². The van der Waals surface area contributed by atoms with Gasteiger partial charge in [-0.25, -0.2) is 0 Å². The van der Waals surface area contributed by atoms with Crippen LogP contribution in [0.2, 0.25) is 0 Å². The van der Waals surface area contributed by atoms with Crippen molar-refractivity contribution < 1.29 is 9.90 Å². The minimum Gasteiger partial charge on any atom is -0.508 e. The maximum atomic E-state index is 11.4. The first kappa shape index (κ1) is 19.5. The van der Waals surface area contributed by atoms with E-state index in [0.717, 1.165) is 43.4 Å². The molecule has 3 aromatic rings. The molecule has 4 rings (SSSR count). The fourth-order valence-electron chi connectivity index (χ4n) is 4.43. The number of rotatable bonds is 7. The van der Waals surface area contributed by atoms with Crippen LogP contribution < -0.4 is 5.73 Å². The van der Waals surface area contributed by atoms with Crippen molar-refractivity contribution in [3.63, 3.8) is 0 Å². The number of H-pyrrole nitrogens is 1. The van der Waals surface area contributed by atoms with Crippen LogP contribution in [-0.4, -0.2) is 40.5 Å². The maximum Gasteiger partial charge on any atom is 0.248 e. The number of carbonyl (C=O) groups is 1. The Morgan fingerprint density at radius 1 is 1.10 bits per heavy atom. The van der Waals surface area contributed by atoms with E-state index in [1.807, 2.05) is 12.1 Å². The number of aromatic nitrogens is 1. The Balaban J connectivity index is 1.23. The van der Waals surface area contributed by atoms with Crippen molar-refractivity contribution >= 4 is 16.8 Å². The lowest BCUT2D eigenvalue weighted by atomic mass is 9.89. The Kier molecular flexibility index (Phi) is 5.86. The lowest BCUT2D eigenvalue weighted by molar-refractivity contribution is 0.100. The molecule has 0 atom stereocenters. The molecule has 1 amide bonds. The number of nitrogens with one attached hydrogen (secondary N) is 1. The number of primary amides is 1. The predicted octanol–water partition coefficient (Wildman–Crippen LogP) is 4.17. The van der Waals surface area contributed by atoms with Crippen LogP contribution in [-0.2, 0) is 6.42 Å². The van der Waals surface area contributed by atoms with Gasteiger partial charge < -0.3 is 20.7 Å². The first-order valence-corrected chi connectivity index (χ1v) is 10.5. The lowest BCUT2D eigenvalue weighted by Crippen LogP contribution is -2.33. The highest BCUT2D eigenvalue weighted by Gasteiger charge is 2.20. The molecule has 2 heterocycles. The van der Waals surface area contributed by atoms with E-state index < -0.39 is 0 Å². The fourth-order valence-corrected chi connectivity index (χ4v) is 4.43. The Morgan fingerprint density at radius 2 is 1.86 bits per heavy atom. The molecule has 152 valence electrons. The van der Waals surface area contributed by atoms with Crippen molar-refractivity contribution in [1.82, 2.24) is 9.88 Å². The highest BCUT2D eigenvalue weighted by Crippen LogP contribution is 2.29. The zero-order valence-electron chi connectivity index (χ0n) is 16.7. The van der Waals surface area contributed by atoms with Gasteiger partial charge in [-0.05, 0) is 99.1 Å². The van der Waals surface area contributed by atoms with Gasteiger partial charge in [0.15, 0.2) is 0 Å². The Morgan fingerprint density at radius 3 is 2.59 bits per heavy atom. The van der Waals surface area contributed by atoms with Crippen molar-refractivity contribution in [2.75, 3.05) is 19.6 Å². The van der Waals surface area contributed by atoms with Crippen LogP contribution in [0.3, 0.4) is 0 Å². The van der Waals surface area contributed by atoms with Crippen LogP contribution in [0.4, 0.5) is 0 Å². The van der Waals surface area contributed by atoms with E-state index in [1.165, 1.54) is 30.4 Å². The molecule has 4 N–H and O–H groups in total. The van der Waals surface area contributed by atoms with Crippen LogP contribution in [0, 0.1) is 0 Å². The summed E-state index contributed by atoms with van der Waals surface area (Å²) in [5, 5.41) is 10.6. The average Bonchev–Trinajstić information content (AvgIpc) is 3.14. The number of aryl methyl sites for hydroxylation is 1. The molecule has 5 heteroatoms. The highest BCUT2D eigenvalue weighted by molar-refractivity contribution is 5.97. The summed E-state index contributed by atoms with van der Waals surface area (Å²) in [5.41, 5.74) is 9.64. The number of nitrogens with zero attached hydrogens (tertiary/aromatic N) is 1. The third kappa shape index (κ3) is 4.62. The number of benzene rings is 2. The van der Waals surface area contributed by atoms with Crippen LogP contribution in [0.1, 0.15) is 53.1 Å². The van der Waals surface area contributed by atoms with Gasteiger partial charge in [0.05, 0.1) is 0 Å². The summed E-state index contributed by atoms with van der Waals surface area (Å²) in [6, 6.07) is 13.3. The zero-order chi connectivity index (χ0) is 20.2. The number of aromatic amines is 1. The van der Waals surface area contributed by atoms with E-state index in [2.05, 4.69) is 28.2 Å². The Bertz CT molecular complexity index is 969. The number of piperidine rings is 1. The summed E-state index contributed by atoms with van der Waals surface area (Å²) in [4.78, 5) is 17.3. The predicted molar refractivity (Wildman–Crippen MR) is 116 cm³/mol. The minimum atomic E-state index is -0.380. The minimum absolute atomic E-state index is 0.340. The van der Waals surface area contributed by atoms with Crippen molar-refractivity contribution in [3.05, 3.63) is 65.4 Å². The van der Waals surface area contributed by atoms with E-state index in [1.54, 1.807) is 18.2 Å². The quantitative estimate of drug-likeness (QED) is 0.529. The maximum absolute atomic E-state index is 11.4. The summed E-state index contributed by atoms with van der Waals surface area (Å²) in [7, 11) is 0. The SMILES string of the molecule is NC(=O)c1ccc2[nH]cc(CCCCN3CCC(c4ccc(O)cc4)CC3)c2c1. The molecule has 0 aliphatic carbocycles. The van der Waals surface area contributed by atoms with Gasteiger partial charge >= 0.3 is 0 Å². The van der Waals surface area contributed by atoms with Crippen molar-refractivity contribution in [1.29, 1.82) is 0 Å². The van der Waals surface area contributed by atoms with Crippen LogP contribution in [0.15, 0.2) is 48.7 Å². The number of fused-ring (bicyclic) bond motifs is 1. The van der Waals surface area contributed by atoms with Crippen LogP contribution in [0.5, 0.6) is 5.75 Å². The number of hydrogen-bond donors (Lipinski definition) is 3. The normalized spacial score (nSPS) is 15.7. The summed E-state index contributed by atoms with van der Waals surface area (Å²) >= 11 is 0. The Hall–Kier alpha value is -2.79. The first-order valence-electron chi connectivity index (χ1n) is 10.5. The molecule has 0 unspecified atom stereocenters. The Labute approximate surface area is 171 Å². The van der Waals surface area contributed by atoms with Crippen LogP contribution in [0.25, 0.3) is 10.9 Å². The van der Waals surface area contributed by atoms with Gasteiger partial charge in [0.25, 0.3) is 0 Å². The summed E-state index contributed by atoms with van der Waals surface area (Å²) in [5.74, 6) is 0.569. The molecule has 0 radical (unpaired) electrons. The molecule has 5 nitrogen and oxygen atoms in total.